The average molecular weight is 351 g/mol. The first-order chi connectivity index (χ1) is 10.2. The monoisotopic (exact) mass is 350 g/mol. The highest BCUT2D eigenvalue weighted by Gasteiger charge is 2.16. The number of methoxy groups -OCH3 is 1. The van der Waals surface area contributed by atoms with Gasteiger partial charge in [0.15, 0.2) is 11.5 Å². The Hall–Kier alpha value is -2.21. The fourth-order valence-electron chi connectivity index (χ4n) is 1.90. The molecule has 3 rings (SSSR count). The van der Waals surface area contributed by atoms with Crippen LogP contribution in [-0.2, 0) is 0 Å². The number of carbonyl (C=O) groups excluding carboxylic acids is 1. The van der Waals surface area contributed by atoms with Crippen LogP contribution in [0, 0.1) is 0 Å². The molecular formula is C15H11BrO5. The van der Waals surface area contributed by atoms with E-state index in [4.69, 9.17) is 18.9 Å². The lowest BCUT2D eigenvalue weighted by Gasteiger charge is -2.07. The van der Waals surface area contributed by atoms with E-state index in [2.05, 4.69) is 15.9 Å². The van der Waals surface area contributed by atoms with Gasteiger partial charge in [-0.15, -0.1) is 0 Å². The number of esters is 1. The molecule has 0 radical (unpaired) electrons. The molecule has 0 aromatic heterocycles. The fraction of sp³-hybridized carbons (Fsp3) is 0.133. The van der Waals surface area contributed by atoms with E-state index in [0.29, 0.717) is 33.0 Å². The molecule has 2 aromatic rings. The summed E-state index contributed by atoms with van der Waals surface area (Å²) < 4.78 is 21.6. The standard InChI is InChI=1S/C15H11BrO5/c1-18-12-4-2-9(6-11(12)16)15(17)21-10-3-5-13-14(7-10)20-8-19-13/h2-7H,8H2,1H3. The van der Waals surface area contributed by atoms with Gasteiger partial charge in [0.2, 0.25) is 6.79 Å². The van der Waals surface area contributed by atoms with Gasteiger partial charge in [-0.1, -0.05) is 0 Å². The molecule has 2 aromatic carbocycles. The van der Waals surface area contributed by atoms with Crippen LogP contribution < -0.4 is 18.9 Å². The van der Waals surface area contributed by atoms with Gasteiger partial charge in [0.1, 0.15) is 11.5 Å². The van der Waals surface area contributed by atoms with Gasteiger partial charge >= 0.3 is 5.97 Å². The maximum Gasteiger partial charge on any atom is 0.343 e. The van der Waals surface area contributed by atoms with Crippen LogP contribution in [0.3, 0.4) is 0 Å². The minimum absolute atomic E-state index is 0.179. The zero-order valence-electron chi connectivity index (χ0n) is 11.1. The predicted octanol–water partition coefficient (Wildman–Crippen LogP) is 3.41. The van der Waals surface area contributed by atoms with Crippen molar-refractivity contribution in [3.8, 4) is 23.0 Å². The molecule has 1 heterocycles. The van der Waals surface area contributed by atoms with Crippen LogP contribution in [0.2, 0.25) is 0 Å². The van der Waals surface area contributed by atoms with Crippen molar-refractivity contribution in [3.05, 3.63) is 46.4 Å². The zero-order valence-corrected chi connectivity index (χ0v) is 12.7. The highest BCUT2D eigenvalue weighted by molar-refractivity contribution is 9.10. The van der Waals surface area contributed by atoms with Crippen molar-refractivity contribution >= 4 is 21.9 Å². The average Bonchev–Trinajstić information content (AvgIpc) is 2.94. The lowest BCUT2D eigenvalue weighted by molar-refractivity contribution is 0.0734. The number of carbonyl (C=O) groups is 1. The van der Waals surface area contributed by atoms with Crippen molar-refractivity contribution in [3.63, 3.8) is 0 Å². The molecule has 0 amide bonds. The Bertz CT molecular complexity index is 698. The first-order valence-corrected chi connectivity index (χ1v) is 6.92. The Morgan fingerprint density at radius 2 is 1.95 bits per heavy atom. The van der Waals surface area contributed by atoms with Crippen LogP contribution in [0.25, 0.3) is 0 Å². The van der Waals surface area contributed by atoms with Gasteiger partial charge in [-0.25, -0.2) is 4.79 Å². The van der Waals surface area contributed by atoms with Gasteiger partial charge in [0, 0.05) is 6.07 Å². The fourth-order valence-corrected chi connectivity index (χ4v) is 2.44. The molecule has 1 aliphatic heterocycles. The van der Waals surface area contributed by atoms with E-state index in [1.54, 1.807) is 43.5 Å². The first-order valence-electron chi connectivity index (χ1n) is 6.13. The van der Waals surface area contributed by atoms with Gasteiger partial charge in [0.05, 0.1) is 17.1 Å². The SMILES string of the molecule is COc1ccc(C(=O)Oc2ccc3c(c2)OCO3)cc1Br. The highest BCUT2D eigenvalue weighted by Crippen LogP contribution is 2.35. The summed E-state index contributed by atoms with van der Waals surface area (Å²) in [6.07, 6.45) is 0. The molecule has 0 unspecified atom stereocenters. The summed E-state index contributed by atoms with van der Waals surface area (Å²) in [4.78, 5) is 12.1. The van der Waals surface area contributed by atoms with Gasteiger partial charge < -0.3 is 18.9 Å². The van der Waals surface area contributed by atoms with Gasteiger partial charge in [-0.2, -0.15) is 0 Å². The molecule has 5 nitrogen and oxygen atoms in total. The lowest BCUT2D eigenvalue weighted by atomic mass is 10.2. The van der Waals surface area contributed by atoms with E-state index >= 15 is 0 Å². The summed E-state index contributed by atoms with van der Waals surface area (Å²) in [7, 11) is 1.56. The molecule has 0 atom stereocenters. The number of rotatable bonds is 3. The molecule has 21 heavy (non-hydrogen) atoms. The third-order valence-corrected chi connectivity index (χ3v) is 3.56. The summed E-state index contributed by atoms with van der Waals surface area (Å²) in [6, 6.07) is 9.96. The van der Waals surface area contributed by atoms with Gasteiger partial charge in [-0.05, 0) is 46.3 Å². The van der Waals surface area contributed by atoms with Crippen molar-refractivity contribution in [2.75, 3.05) is 13.9 Å². The zero-order chi connectivity index (χ0) is 14.8. The van der Waals surface area contributed by atoms with E-state index in [1.165, 1.54) is 0 Å². The van der Waals surface area contributed by atoms with Crippen molar-refractivity contribution in [1.29, 1.82) is 0 Å². The van der Waals surface area contributed by atoms with Crippen molar-refractivity contribution in [2.45, 2.75) is 0 Å². The molecular weight excluding hydrogens is 340 g/mol. The number of hydrogen-bond donors (Lipinski definition) is 0. The van der Waals surface area contributed by atoms with Crippen molar-refractivity contribution < 1.29 is 23.7 Å². The normalized spacial score (nSPS) is 12.1. The van der Waals surface area contributed by atoms with Crippen LogP contribution in [0.4, 0.5) is 0 Å². The van der Waals surface area contributed by atoms with E-state index in [1.807, 2.05) is 0 Å². The molecule has 0 N–H and O–H groups in total. The Labute approximate surface area is 129 Å². The third-order valence-electron chi connectivity index (χ3n) is 2.94. The highest BCUT2D eigenvalue weighted by atomic mass is 79.9. The second-order valence-corrected chi connectivity index (χ2v) is 5.11. The Kier molecular flexibility index (Phi) is 3.70. The smallest absolute Gasteiger partial charge is 0.343 e. The van der Waals surface area contributed by atoms with E-state index < -0.39 is 5.97 Å². The van der Waals surface area contributed by atoms with Crippen molar-refractivity contribution in [1.82, 2.24) is 0 Å². The molecule has 0 saturated carbocycles. The molecule has 0 bridgehead atoms. The number of fused-ring (bicyclic) bond motifs is 1. The number of halogens is 1. The number of ether oxygens (including phenoxy) is 4. The van der Waals surface area contributed by atoms with Crippen molar-refractivity contribution in [2.24, 2.45) is 0 Å². The molecule has 0 aliphatic carbocycles. The molecule has 0 fully saturated rings. The van der Waals surface area contributed by atoms with E-state index in [-0.39, 0.29) is 6.79 Å². The first kappa shape index (κ1) is 13.8. The lowest BCUT2D eigenvalue weighted by Crippen LogP contribution is -2.08. The minimum atomic E-state index is -0.461. The summed E-state index contributed by atoms with van der Waals surface area (Å²) in [5, 5.41) is 0. The summed E-state index contributed by atoms with van der Waals surface area (Å²) in [5.41, 5.74) is 0.417. The quantitative estimate of drug-likeness (QED) is 0.627. The van der Waals surface area contributed by atoms with Crippen LogP contribution >= 0.6 is 15.9 Å². The topological polar surface area (TPSA) is 54.0 Å². The largest absolute Gasteiger partial charge is 0.496 e. The molecule has 6 heteroatoms. The molecule has 108 valence electrons. The third kappa shape index (κ3) is 2.80. The predicted molar refractivity (Wildman–Crippen MR) is 78.2 cm³/mol. The van der Waals surface area contributed by atoms with Crippen LogP contribution in [-0.4, -0.2) is 19.9 Å². The van der Waals surface area contributed by atoms with Crippen LogP contribution in [0.1, 0.15) is 10.4 Å². The summed E-state index contributed by atoms with van der Waals surface area (Å²) in [5.74, 6) is 1.79. The number of benzene rings is 2. The maximum atomic E-state index is 12.1. The number of hydrogen-bond acceptors (Lipinski definition) is 5. The Balaban J connectivity index is 1.78. The maximum absolute atomic E-state index is 12.1. The van der Waals surface area contributed by atoms with Crippen LogP contribution in [0.5, 0.6) is 23.0 Å². The Morgan fingerprint density at radius 3 is 2.71 bits per heavy atom. The van der Waals surface area contributed by atoms with Gasteiger partial charge in [0.25, 0.3) is 0 Å². The second kappa shape index (κ2) is 5.65. The molecule has 0 spiro atoms. The minimum Gasteiger partial charge on any atom is -0.496 e. The summed E-state index contributed by atoms with van der Waals surface area (Å²) in [6.45, 7) is 0.179. The van der Waals surface area contributed by atoms with E-state index in [0.717, 1.165) is 0 Å². The van der Waals surface area contributed by atoms with E-state index in [9.17, 15) is 4.79 Å². The molecule has 0 saturated heterocycles. The Morgan fingerprint density at radius 1 is 1.14 bits per heavy atom. The second-order valence-electron chi connectivity index (χ2n) is 4.25. The van der Waals surface area contributed by atoms with Gasteiger partial charge in [-0.3, -0.25) is 0 Å². The molecule has 1 aliphatic rings. The van der Waals surface area contributed by atoms with Crippen LogP contribution in [0.15, 0.2) is 40.9 Å². The summed E-state index contributed by atoms with van der Waals surface area (Å²) >= 11 is 3.33.